The lowest BCUT2D eigenvalue weighted by molar-refractivity contribution is -0.152. The van der Waals surface area contributed by atoms with E-state index in [1.165, 1.54) is 6.20 Å². The van der Waals surface area contributed by atoms with Gasteiger partial charge >= 0.3 is 11.9 Å². The van der Waals surface area contributed by atoms with Crippen molar-refractivity contribution in [1.82, 2.24) is 4.98 Å². The second kappa shape index (κ2) is 7.77. The SMILES string of the molecule is CCOC(=O)C(=O)Nc1ccc2c(c1)N(C(=O)c1cccnc1)CCC2. The molecule has 0 fully saturated rings. The largest absolute Gasteiger partial charge is 0.459 e. The summed E-state index contributed by atoms with van der Waals surface area (Å²) >= 11 is 0. The fourth-order valence-electron chi connectivity index (χ4n) is 2.89. The third kappa shape index (κ3) is 3.72. The van der Waals surface area contributed by atoms with E-state index in [1.807, 2.05) is 6.07 Å². The summed E-state index contributed by atoms with van der Waals surface area (Å²) in [6, 6.07) is 8.72. The van der Waals surface area contributed by atoms with Crippen molar-refractivity contribution in [1.29, 1.82) is 0 Å². The Balaban J connectivity index is 1.85. The average Bonchev–Trinajstić information content (AvgIpc) is 2.67. The molecule has 0 spiro atoms. The second-order valence-electron chi connectivity index (χ2n) is 5.82. The maximum atomic E-state index is 12.8. The number of fused-ring (bicyclic) bond motifs is 1. The van der Waals surface area contributed by atoms with E-state index >= 15 is 0 Å². The Morgan fingerprint density at radius 3 is 2.85 bits per heavy atom. The van der Waals surface area contributed by atoms with Crippen LogP contribution in [-0.4, -0.2) is 35.9 Å². The van der Waals surface area contributed by atoms with E-state index in [1.54, 1.807) is 42.3 Å². The maximum Gasteiger partial charge on any atom is 0.397 e. The molecule has 1 aliphatic heterocycles. The Kier molecular flexibility index (Phi) is 5.26. The predicted molar refractivity (Wildman–Crippen MR) is 95.9 cm³/mol. The maximum absolute atomic E-state index is 12.8. The number of rotatable bonds is 3. The van der Waals surface area contributed by atoms with Gasteiger partial charge in [0, 0.05) is 30.3 Å². The zero-order valence-electron chi connectivity index (χ0n) is 14.4. The highest BCUT2D eigenvalue weighted by molar-refractivity contribution is 6.37. The van der Waals surface area contributed by atoms with Crippen LogP contribution in [-0.2, 0) is 20.7 Å². The van der Waals surface area contributed by atoms with E-state index < -0.39 is 11.9 Å². The summed E-state index contributed by atoms with van der Waals surface area (Å²) in [5.41, 5.74) is 2.68. The van der Waals surface area contributed by atoms with Crippen molar-refractivity contribution in [3.05, 3.63) is 53.9 Å². The lowest BCUT2D eigenvalue weighted by Crippen LogP contribution is -2.35. The standard InChI is InChI=1S/C19H19N3O4/c1-2-26-19(25)17(23)21-15-8-7-13-6-4-10-22(16(13)11-15)18(24)14-5-3-9-20-12-14/h3,5,7-9,11-12H,2,4,6,10H2,1H3,(H,21,23). The van der Waals surface area contributed by atoms with Gasteiger partial charge in [0.05, 0.1) is 12.2 Å². The predicted octanol–water partition coefficient (Wildman–Crippen LogP) is 2.18. The monoisotopic (exact) mass is 353 g/mol. The van der Waals surface area contributed by atoms with Crippen molar-refractivity contribution in [2.24, 2.45) is 0 Å². The molecule has 0 unspecified atom stereocenters. The summed E-state index contributed by atoms with van der Waals surface area (Å²) in [5.74, 6) is -1.92. The van der Waals surface area contributed by atoms with Crippen LogP contribution >= 0.6 is 0 Å². The van der Waals surface area contributed by atoms with Gasteiger partial charge in [-0.15, -0.1) is 0 Å². The molecule has 0 bridgehead atoms. The van der Waals surface area contributed by atoms with Gasteiger partial charge in [0.1, 0.15) is 0 Å². The van der Waals surface area contributed by atoms with Crippen LogP contribution in [0.15, 0.2) is 42.7 Å². The number of amides is 2. The summed E-state index contributed by atoms with van der Waals surface area (Å²) in [7, 11) is 0. The van der Waals surface area contributed by atoms with Crippen LogP contribution < -0.4 is 10.2 Å². The van der Waals surface area contributed by atoms with Crippen molar-refractivity contribution in [2.45, 2.75) is 19.8 Å². The first-order valence-corrected chi connectivity index (χ1v) is 8.43. The quantitative estimate of drug-likeness (QED) is 0.675. The number of hydrogen-bond donors (Lipinski definition) is 1. The van der Waals surface area contributed by atoms with Crippen LogP contribution in [0.1, 0.15) is 29.3 Å². The molecule has 2 amide bonds. The Morgan fingerprint density at radius 1 is 1.27 bits per heavy atom. The molecule has 1 aliphatic rings. The lowest BCUT2D eigenvalue weighted by Gasteiger charge is -2.30. The van der Waals surface area contributed by atoms with Crippen LogP contribution in [0.25, 0.3) is 0 Å². The number of carbonyl (C=O) groups excluding carboxylic acids is 3. The molecule has 2 heterocycles. The van der Waals surface area contributed by atoms with Crippen molar-refractivity contribution in [3.63, 3.8) is 0 Å². The molecule has 0 saturated heterocycles. The van der Waals surface area contributed by atoms with Crippen LogP contribution in [0, 0.1) is 0 Å². The summed E-state index contributed by atoms with van der Waals surface area (Å²) < 4.78 is 4.68. The number of benzene rings is 1. The number of ether oxygens (including phenoxy) is 1. The molecule has 1 aromatic carbocycles. The number of aryl methyl sites for hydroxylation is 1. The van der Waals surface area contributed by atoms with E-state index in [9.17, 15) is 14.4 Å². The van der Waals surface area contributed by atoms with Gasteiger partial charge in [0.15, 0.2) is 0 Å². The third-order valence-corrected chi connectivity index (χ3v) is 4.08. The Labute approximate surface area is 151 Å². The number of nitrogens with one attached hydrogen (secondary N) is 1. The highest BCUT2D eigenvalue weighted by atomic mass is 16.5. The summed E-state index contributed by atoms with van der Waals surface area (Å²) in [6.45, 7) is 2.34. The minimum Gasteiger partial charge on any atom is -0.459 e. The number of hydrogen-bond acceptors (Lipinski definition) is 5. The topological polar surface area (TPSA) is 88.6 Å². The van der Waals surface area contributed by atoms with Gasteiger partial charge in [-0.25, -0.2) is 4.79 Å². The molecule has 7 heteroatoms. The number of anilines is 2. The van der Waals surface area contributed by atoms with Crippen molar-refractivity contribution in [3.8, 4) is 0 Å². The zero-order valence-corrected chi connectivity index (χ0v) is 14.4. The van der Waals surface area contributed by atoms with Gasteiger partial charge in [-0.2, -0.15) is 0 Å². The average molecular weight is 353 g/mol. The molecule has 1 aromatic heterocycles. The molecule has 26 heavy (non-hydrogen) atoms. The molecule has 7 nitrogen and oxygen atoms in total. The number of pyridine rings is 1. The summed E-state index contributed by atoms with van der Waals surface area (Å²) in [6.07, 6.45) is 4.85. The van der Waals surface area contributed by atoms with E-state index in [4.69, 9.17) is 0 Å². The van der Waals surface area contributed by atoms with Crippen molar-refractivity contribution < 1.29 is 19.1 Å². The number of esters is 1. The summed E-state index contributed by atoms with van der Waals surface area (Å²) in [5, 5.41) is 2.51. The Hall–Kier alpha value is -3.22. The van der Waals surface area contributed by atoms with Crippen LogP contribution in [0.4, 0.5) is 11.4 Å². The van der Waals surface area contributed by atoms with Gasteiger partial charge in [0.25, 0.3) is 5.91 Å². The number of carbonyl (C=O) groups is 3. The van der Waals surface area contributed by atoms with E-state index in [0.29, 0.717) is 17.8 Å². The number of aromatic nitrogens is 1. The van der Waals surface area contributed by atoms with Gasteiger partial charge in [0.2, 0.25) is 0 Å². The molecule has 3 rings (SSSR count). The molecule has 1 N–H and O–H groups in total. The molecular weight excluding hydrogens is 334 g/mol. The minimum absolute atomic E-state index is 0.129. The molecule has 134 valence electrons. The fraction of sp³-hybridized carbons (Fsp3) is 0.263. The minimum atomic E-state index is -0.937. The zero-order chi connectivity index (χ0) is 18.5. The Morgan fingerprint density at radius 2 is 2.12 bits per heavy atom. The van der Waals surface area contributed by atoms with Crippen molar-refractivity contribution in [2.75, 3.05) is 23.4 Å². The van der Waals surface area contributed by atoms with E-state index in [2.05, 4.69) is 15.0 Å². The van der Waals surface area contributed by atoms with Crippen LogP contribution in [0.3, 0.4) is 0 Å². The second-order valence-corrected chi connectivity index (χ2v) is 5.82. The lowest BCUT2D eigenvalue weighted by atomic mass is 10.00. The molecule has 0 radical (unpaired) electrons. The molecule has 0 saturated carbocycles. The first kappa shape index (κ1) is 17.6. The molecule has 2 aromatic rings. The highest BCUT2D eigenvalue weighted by Crippen LogP contribution is 2.31. The molecule has 0 aliphatic carbocycles. The molecular formula is C19H19N3O4. The Bertz CT molecular complexity index is 836. The number of nitrogens with zero attached hydrogens (tertiary/aromatic N) is 2. The van der Waals surface area contributed by atoms with Gasteiger partial charge < -0.3 is 15.0 Å². The normalized spacial score (nSPS) is 12.9. The smallest absolute Gasteiger partial charge is 0.397 e. The van der Waals surface area contributed by atoms with Crippen LogP contribution in [0.5, 0.6) is 0 Å². The van der Waals surface area contributed by atoms with E-state index in [-0.39, 0.29) is 12.5 Å². The van der Waals surface area contributed by atoms with Gasteiger partial charge in [-0.3, -0.25) is 14.6 Å². The first-order chi connectivity index (χ1) is 12.6. The van der Waals surface area contributed by atoms with E-state index in [0.717, 1.165) is 24.1 Å². The summed E-state index contributed by atoms with van der Waals surface area (Å²) in [4.78, 5) is 41.8. The fourth-order valence-corrected chi connectivity index (χ4v) is 2.89. The first-order valence-electron chi connectivity index (χ1n) is 8.43. The van der Waals surface area contributed by atoms with Crippen LogP contribution in [0.2, 0.25) is 0 Å². The molecule has 0 atom stereocenters. The third-order valence-electron chi connectivity index (χ3n) is 4.08. The van der Waals surface area contributed by atoms with Gasteiger partial charge in [-0.1, -0.05) is 6.07 Å². The van der Waals surface area contributed by atoms with Gasteiger partial charge in [-0.05, 0) is 49.6 Å². The highest BCUT2D eigenvalue weighted by Gasteiger charge is 2.24. The van der Waals surface area contributed by atoms with Crippen molar-refractivity contribution >= 4 is 29.2 Å².